The molecule has 13 nitrogen and oxygen atoms in total. The van der Waals surface area contributed by atoms with Crippen molar-refractivity contribution in [2.75, 3.05) is 89.7 Å². The average Bonchev–Trinajstić information content (AvgIpc) is 3.59. The maximum absolute atomic E-state index is 14.0. The second kappa shape index (κ2) is 14.1. The van der Waals surface area contributed by atoms with Gasteiger partial charge in [-0.2, -0.15) is 0 Å². The number of ether oxygens (including phenoxy) is 4. The summed E-state index contributed by atoms with van der Waals surface area (Å²) in [4.78, 5) is 30.3. The summed E-state index contributed by atoms with van der Waals surface area (Å²) in [6.07, 6.45) is 1.83. The van der Waals surface area contributed by atoms with Gasteiger partial charge in [-0.1, -0.05) is 24.3 Å². The molecule has 0 saturated carbocycles. The maximum atomic E-state index is 14.0. The van der Waals surface area contributed by atoms with E-state index in [0.29, 0.717) is 71.7 Å². The Hall–Kier alpha value is -4.19. The fourth-order valence-corrected chi connectivity index (χ4v) is 8.62. The zero-order valence-electron chi connectivity index (χ0n) is 27.5. The highest BCUT2D eigenvalue weighted by atomic mass is 31.2. The van der Waals surface area contributed by atoms with Gasteiger partial charge in [0, 0.05) is 57.2 Å². The van der Waals surface area contributed by atoms with Gasteiger partial charge in [0.1, 0.15) is 0 Å². The van der Waals surface area contributed by atoms with Crippen LogP contribution in [0.5, 0.6) is 23.0 Å². The van der Waals surface area contributed by atoms with Crippen LogP contribution in [0.15, 0.2) is 48.6 Å². The van der Waals surface area contributed by atoms with E-state index in [2.05, 4.69) is 28.9 Å². The minimum Gasteiger partial charge on any atom is -0.493 e. The van der Waals surface area contributed by atoms with E-state index in [1.165, 1.54) is 14.2 Å². The molecule has 2 saturated heterocycles. The lowest BCUT2D eigenvalue weighted by Crippen LogP contribution is -2.36. The first kappa shape index (κ1) is 33.7. The van der Waals surface area contributed by atoms with Crippen LogP contribution in [0.2, 0.25) is 0 Å². The standard InChI is InChI=1S/C34H44N5O8P/c1-21-11-23-17-35-27-15-31(29(44-3)13-25(27)33(41)38(23)19-21)46-7-9-48(43,37-5-6-40)10-8-47-32-16-28-26(14-30(32)45-4)34(42)39-20-22(2)12-24(39)18-36-28/h13-16,23-24,35-36,40H,1-2,5-12,17-20H2,3-4H3,(H,37,43)/t23-,24-/m0/s1. The van der Waals surface area contributed by atoms with E-state index in [-0.39, 0.29) is 62.6 Å². The van der Waals surface area contributed by atoms with Crippen LogP contribution in [-0.4, -0.2) is 118 Å². The fourth-order valence-electron chi connectivity index (χ4n) is 6.80. The Labute approximate surface area is 280 Å². The normalized spacial score (nSPS) is 20.1. The Balaban J connectivity index is 1.11. The highest BCUT2D eigenvalue weighted by Gasteiger charge is 2.37. The number of hydrogen-bond donors (Lipinski definition) is 4. The molecule has 258 valence electrons. The second-order valence-electron chi connectivity index (χ2n) is 12.6. The van der Waals surface area contributed by atoms with Crippen LogP contribution in [0.1, 0.15) is 33.6 Å². The van der Waals surface area contributed by atoms with Gasteiger partial charge in [0.05, 0.1) is 68.6 Å². The summed E-state index contributed by atoms with van der Waals surface area (Å²) in [6, 6.07) is 6.95. The molecule has 2 fully saturated rings. The van der Waals surface area contributed by atoms with E-state index in [4.69, 9.17) is 18.9 Å². The van der Waals surface area contributed by atoms with Crippen LogP contribution in [-0.2, 0) is 4.57 Å². The smallest absolute Gasteiger partial charge is 0.256 e. The van der Waals surface area contributed by atoms with Gasteiger partial charge < -0.3 is 49.1 Å². The number of methoxy groups -OCH3 is 2. The van der Waals surface area contributed by atoms with Crippen molar-refractivity contribution in [3.63, 3.8) is 0 Å². The van der Waals surface area contributed by atoms with Crippen LogP contribution >= 0.6 is 7.29 Å². The lowest BCUT2D eigenvalue weighted by atomic mass is 10.1. The molecule has 6 rings (SSSR count). The zero-order valence-corrected chi connectivity index (χ0v) is 28.4. The molecule has 0 bridgehead atoms. The summed E-state index contributed by atoms with van der Waals surface area (Å²) in [5, 5.41) is 19.2. The van der Waals surface area contributed by atoms with Crippen molar-refractivity contribution in [2.24, 2.45) is 0 Å². The summed E-state index contributed by atoms with van der Waals surface area (Å²) in [5.41, 5.74) is 4.39. The molecule has 0 aliphatic carbocycles. The molecule has 4 N–H and O–H groups in total. The number of benzene rings is 2. The summed E-state index contributed by atoms with van der Waals surface area (Å²) in [6.45, 7) is 10.5. The van der Waals surface area contributed by atoms with E-state index >= 15 is 0 Å². The lowest BCUT2D eigenvalue weighted by molar-refractivity contribution is 0.0744. The highest BCUT2D eigenvalue weighted by Crippen LogP contribution is 2.43. The number of aliphatic hydroxyl groups is 1. The molecule has 48 heavy (non-hydrogen) atoms. The van der Waals surface area contributed by atoms with Crippen LogP contribution in [0.3, 0.4) is 0 Å². The van der Waals surface area contributed by atoms with Crippen molar-refractivity contribution < 1.29 is 38.2 Å². The quantitative estimate of drug-likeness (QED) is 0.182. The van der Waals surface area contributed by atoms with Crippen LogP contribution in [0.4, 0.5) is 11.4 Å². The molecule has 0 unspecified atom stereocenters. The number of rotatable bonds is 13. The number of carbonyl (C=O) groups is 2. The number of hydrogen-bond acceptors (Lipinski definition) is 10. The van der Waals surface area contributed by atoms with Gasteiger partial charge in [0.25, 0.3) is 11.8 Å². The zero-order chi connectivity index (χ0) is 34.0. The molecule has 0 spiro atoms. The number of amides is 2. The number of anilines is 2. The van der Waals surface area contributed by atoms with Crippen molar-refractivity contribution in [3.05, 3.63) is 59.7 Å². The SMILES string of the molecule is C=C1C[C@H]2CNc3cc(OCCP(=O)(CCOc4cc5c(cc4OC)C(=O)N4CC(=C)C[C@H]4CN5)NCCO)c(OC)cc3C(=O)N2C1. The predicted octanol–water partition coefficient (Wildman–Crippen LogP) is 3.41. The largest absolute Gasteiger partial charge is 0.493 e. The minimum absolute atomic E-state index is 0.0431. The van der Waals surface area contributed by atoms with Crippen molar-refractivity contribution >= 4 is 30.5 Å². The number of carbonyl (C=O) groups excluding carboxylic acids is 2. The van der Waals surface area contributed by atoms with Crippen LogP contribution < -0.4 is 34.7 Å². The summed E-state index contributed by atoms with van der Waals surface area (Å²) in [7, 11) is -0.0628. The van der Waals surface area contributed by atoms with Gasteiger partial charge in [0.2, 0.25) is 0 Å². The van der Waals surface area contributed by atoms with E-state index in [1.807, 2.05) is 9.80 Å². The third-order valence-corrected chi connectivity index (χ3v) is 11.9. The topological polar surface area (TPSA) is 151 Å². The van der Waals surface area contributed by atoms with Crippen molar-refractivity contribution in [2.45, 2.75) is 24.9 Å². The molecule has 4 aliphatic heterocycles. The first-order valence-electron chi connectivity index (χ1n) is 16.2. The number of nitrogens with zero attached hydrogens (tertiary/aromatic N) is 2. The Morgan fingerprint density at radius 3 is 1.69 bits per heavy atom. The molecule has 2 aromatic rings. The minimum atomic E-state index is -3.09. The van der Waals surface area contributed by atoms with Gasteiger partial charge in [-0.05, 0) is 25.0 Å². The van der Waals surface area contributed by atoms with Gasteiger partial charge in [-0.25, -0.2) is 0 Å². The third kappa shape index (κ3) is 6.85. The lowest BCUT2D eigenvalue weighted by Gasteiger charge is -2.22. The maximum Gasteiger partial charge on any atom is 0.256 e. The third-order valence-electron chi connectivity index (χ3n) is 9.30. The molecular weight excluding hydrogens is 637 g/mol. The Kier molecular flexibility index (Phi) is 9.91. The van der Waals surface area contributed by atoms with Gasteiger partial charge in [-0.3, -0.25) is 14.7 Å². The van der Waals surface area contributed by atoms with Crippen molar-refractivity contribution in [3.8, 4) is 23.0 Å². The van der Waals surface area contributed by atoms with Gasteiger partial charge in [0.15, 0.2) is 30.3 Å². The first-order chi connectivity index (χ1) is 23.1. The monoisotopic (exact) mass is 681 g/mol. The van der Waals surface area contributed by atoms with Gasteiger partial charge in [-0.15, -0.1) is 0 Å². The predicted molar refractivity (Wildman–Crippen MR) is 184 cm³/mol. The van der Waals surface area contributed by atoms with E-state index in [0.717, 1.165) is 24.0 Å². The van der Waals surface area contributed by atoms with Gasteiger partial charge >= 0.3 is 0 Å². The van der Waals surface area contributed by atoms with E-state index in [9.17, 15) is 19.3 Å². The summed E-state index contributed by atoms with van der Waals surface area (Å²) < 4.78 is 37.3. The molecule has 4 heterocycles. The molecule has 0 radical (unpaired) electrons. The first-order valence-corrected chi connectivity index (χ1v) is 18.3. The Bertz CT molecular complexity index is 1550. The molecule has 2 aromatic carbocycles. The highest BCUT2D eigenvalue weighted by molar-refractivity contribution is 7.61. The van der Waals surface area contributed by atoms with Crippen molar-refractivity contribution in [1.29, 1.82) is 0 Å². The molecular formula is C34H44N5O8P. The molecule has 2 atom stereocenters. The van der Waals surface area contributed by atoms with E-state index in [1.54, 1.807) is 24.3 Å². The summed E-state index contributed by atoms with van der Waals surface area (Å²) >= 11 is 0. The van der Waals surface area contributed by atoms with Crippen LogP contribution in [0, 0.1) is 0 Å². The van der Waals surface area contributed by atoms with Crippen molar-refractivity contribution in [1.82, 2.24) is 14.9 Å². The number of fused-ring (bicyclic) bond motifs is 4. The molecule has 14 heteroatoms. The number of nitrogens with one attached hydrogen (secondary N) is 3. The fraction of sp³-hybridized carbons (Fsp3) is 0.471. The summed E-state index contributed by atoms with van der Waals surface area (Å²) in [5.74, 6) is 1.48. The Morgan fingerprint density at radius 2 is 1.27 bits per heavy atom. The number of aliphatic hydroxyl groups excluding tert-OH is 1. The molecule has 2 amide bonds. The van der Waals surface area contributed by atoms with Crippen LogP contribution in [0.25, 0.3) is 0 Å². The second-order valence-corrected chi connectivity index (χ2v) is 15.6. The average molecular weight is 682 g/mol. The van der Waals surface area contributed by atoms with E-state index < -0.39 is 7.29 Å². The molecule has 0 aromatic heterocycles. The Morgan fingerprint density at radius 1 is 0.812 bits per heavy atom. The molecule has 4 aliphatic rings.